The zero-order chi connectivity index (χ0) is 21.3. The number of benzene rings is 3. The van der Waals surface area contributed by atoms with Crippen molar-refractivity contribution in [2.75, 3.05) is 7.11 Å². The lowest BCUT2D eigenvalue weighted by Gasteiger charge is -2.19. The van der Waals surface area contributed by atoms with Crippen LogP contribution in [0.15, 0.2) is 72.8 Å². The Bertz CT molecular complexity index is 884. The Hall–Kier alpha value is -2.81. The highest BCUT2D eigenvalue weighted by molar-refractivity contribution is 5.36. The molecule has 158 valence electrons. The van der Waals surface area contributed by atoms with E-state index >= 15 is 0 Å². The first kappa shape index (κ1) is 21.9. The normalized spacial score (nSPS) is 12.0. The van der Waals surface area contributed by atoms with Gasteiger partial charge in [-0.1, -0.05) is 42.8 Å². The highest BCUT2D eigenvalue weighted by Gasteiger charge is 2.15. The molecular formula is C27H31FO2. The van der Waals surface area contributed by atoms with Crippen molar-refractivity contribution in [1.82, 2.24) is 0 Å². The number of hydrogen-bond donors (Lipinski definition) is 0. The fourth-order valence-corrected chi connectivity index (χ4v) is 3.74. The van der Waals surface area contributed by atoms with E-state index in [-0.39, 0.29) is 17.8 Å². The molecule has 0 fully saturated rings. The third-order valence-electron chi connectivity index (χ3n) is 5.29. The number of hydrogen-bond acceptors (Lipinski definition) is 2. The average molecular weight is 407 g/mol. The van der Waals surface area contributed by atoms with Crippen molar-refractivity contribution < 1.29 is 13.9 Å². The molecule has 3 heteroatoms. The molecular weight excluding hydrogens is 375 g/mol. The van der Waals surface area contributed by atoms with Crippen LogP contribution in [0.25, 0.3) is 0 Å². The summed E-state index contributed by atoms with van der Waals surface area (Å²) in [5.41, 5.74) is 3.71. The van der Waals surface area contributed by atoms with Crippen molar-refractivity contribution in [3.8, 4) is 11.5 Å². The lowest BCUT2D eigenvalue weighted by molar-refractivity contribution is 0.242. The fraction of sp³-hybridized carbons (Fsp3) is 0.333. The van der Waals surface area contributed by atoms with Crippen LogP contribution < -0.4 is 9.47 Å². The van der Waals surface area contributed by atoms with Crippen LogP contribution in [0.1, 0.15) is 55.7 Å². The smallest absolute Gasteiger partial charge is 0.123 e. The minimum Gasteiger partial charge on any atom is -0.497 e. The van der Waals surface area contributed by atoms with Gasteiger partial charge in [-0.25, -0.2) is 4.39 Å². The van der Waals surface area contributed by atoms with E-state index in [1.54, 1.807) is 19.2 Å². The third kappa shape index (κ3) is 6.35. The number of ether oxygens (including phenoxy) is 2. The van der Waals surface area contributed by atoms with E-state index in [2.05, 4.69) is 24.3 Å². The minimum absolute atomic E-state index is 0.154. The maximum Gasteiger partial charge on any atom is 0.123 e. The van der Waals surface area contributed by atoms with E-state index in [4.69, 9.17) is 9.47 Å². The Labute approximate surface area is 179 Å². The molecule has 3 aromatic rings. The summed E-state index contributed by atoms with van der Waals surface area (Å²) in [6, 6.07) is 23.5. The van der Waals surface area contributed by atoms with E-state index in [1.165, 1.54) is 11.1 Å². The summed E-state index contributed by atoms with van der Waals surface area (Å²) in [6.45, 7) is 4.05. The molecule has 0 aromatic heterocycles. The van der Waals surface area contributed by atoms with E-state index in [0.717, 1.165) is 42.7 Å². The first-order valence-electron chi connectivity index (χ1n) is 10.7. The van der Waals surface area contributed by atoms with Crippen LogP contribution in [-0.2, 0) is 6.42 Å². The SMILES string of the molecule is COc1ccc(CCCC[C@H](c2ccc(F)cc2)c2ccc(OC(C)C)cc2)cc1. The molecule has 0 aliphatic heterocycles. The summed E-state index contributed by atoms with van der Waals surface area (Å²) in [5, 5.41) is 0. The molecule has 30 heavy (non-hydrogen) atoms. The fourth-order valence-electron chi connectivity index (χ4n) is 3.74. The zero-order valence-electron chi connectivity index (χ0n) is 18.1. The number of methoxy groups -OCH3 is 1. The van der Waals surface area contributed by atoms with Crippen LogP contribution in [0.3, 0.4) is 0 Å². The van der Waals surface area contributed by atoms with Gasteiger partial charge in [0.25, 0.3) is 0 Å². The monoisotopic (exact) mass is 406 g/mol. The van der Waals surface area contributed by atoms with Crippen LogP contribution in [-0.4, -0.2) is 13.2 Å². The molecule has 0 saturated carbocycles. The van der Waals surface area contributed by atoms with Gasteiger partial charge >= 0.3 is 0 Å². The van der Waals surface area contributed by atoms with Gasteiger partial charge in [0.05, 0.1) is 13.2 Å². The minimum atomic E-state index is -0.197. The van der Waals surface area contributed by atoms with Gasteiger partial charge in [-0.05, 0) is 86.2 Å². The Morgan fingerprint density at radius 3 is 1.87 bits per heavy atom. The Kier molecular flexibility index (Phi) is 7.89. The molecule has 2 nitrogen and oxygen atoms in total. The van der Waals surface area contributed by atoms with Crippen LogP contribution >= 0.6 is 0 Å². The average Bonchev–Trinajstić information content (AvgIpc) is 2.75. The van der Waals surface area contributed by atoms with Gasteiger partial charge in [0.2, 0.25) is 0 Å². The van der Waals surface area contributed by atoms with Gasteiger partial charge in [0, 0.05) is 5.92 Å². The molecule has 0 unspecified atom stereocenters. The molecule has 0 aliphatic carbocycles. The highest BCUT2D eigenvalue weighted by atomic mass is 19.1. The molecule has 3 aromatic carbocycles. The third-order valence-corrected chi connectivity index (χ3v) is 5.29. The summed E-state index contributed by atoms with van der Waals surface area (Å²) in [7, 11) is 1.69. The molecule has 1 atom stereocenters. The second-order valence-corrected chi connectivity index (χ2v) is 7.93. The number of unbranched alkanes of at least 4 members (excludes halogenated alkanes) is 1. The first-order valence-corrected chi connectivity index (χ1v) is 10.7. The van der Waals surface area contributed by atoms with E-state index in [9.17, 15) is 4.39 Å². The largest absolute Gasteiger partial charge is 0.497 e. The number of aryl methyl sites for hydroxylation is 1. The van der Waals surface area contributed by atoms with Gasteiger partial charge in [-0.3, -0.25) is 0 Å². The molecule has 0 spiro atoms. The van der Waals surface area contributed by atoms with Crippen LogP contribution in [0.5, 0.6) is 11.5 Å². The summed E-state index contributed by atoms with van der Waals surface area (Å²) < 4.78 is 24.5. The van der Waals surface area contributed by atoms with Gasteiger partial charge in [-0.15, -0.1) is 0 Å². The molecule has 0 heterocycles. The number of halogens is 1. The van der Waals surface area contributed by atoms with Gasteiger partial charge < -0.3 is 9.47 Å². The lowest BCUT2D eigenvalue weighted by Crippen LogP contribution is -2.06. The van der Waals surface area contributed by atoms with Gasteiger partial charge in [0.15, 0.2) is 0 Å². The summed E-state index contributed by atoms with van der Waals surface area (Å²) in [5.74, 6) is 1.82. The zero-order valence-corrected chi connectivity index (χ0v) is 18.1. The summed E-state index contributed by atoms with van der Waals surface area (Å²) in [6.07, 6.45) is 4.42. The second-order valence-electron chi connectivity index (χ2n) is 7.93. The second kappa shape index (κ2) is 10.8. The first-order chi connectivity index (χ1) is 14.5. The predicted molar refractivity (Wildman–Crippen MR) is 121 cm³/mol. The lowest BCUT2D eigenvalue weighted by atomic mass is 9.86. The van der Waals surface area contributed by atoms with Crippen molar-refractivity contribution in [3.63, 3.8) is 0 Å². The van der Waals surface area contributed by atoms with E-state index in [1.807, 2.05) is 50.2 Å². The van der Waals surface area contributed by atoms with Gasteiger partial charge in [0.1, 0.15) is 17.3 Å². The molecule has 0 N–H and O–H groups in total. The molecule has 0 aliphatic rings. The van der Waals surface area contributed by atoms with E-state index < -0.39 is 0 Å². The van der Waals surface area contributed by atoms with Crippen molar-refractivity contribution >= 4 is 0 Å². The standard InChI is InChI=1S/C27H31FO2/c1-20(2)30-26-18-12-23(13-19-26)27(22-10-14-24(28)15-11-22)7-5-4-6-21-8-16-25(29-3)17-9-21/h8-20,27H,4-7H2,1-3H3/t27-/m1/s1. The molecule has 0 radical (unpaired) electrons. The summed E-state index contributed by atoms with van der Waals surface area (Å²) in [4.78, 5) is 0. The molecule has 3 rings (SSSR count). The molecule has 0 saturated heterocycles. The predicted octanol–water partition coefficient (Wildman–Crippen LogP) is 7.17. The van der Waals surface area contributed by atoms with Crippen molar-refractivity contribution in [2.24, 2.45) is 0 Å². The Balaban J connectivity index is 1.66. The number of rotatable bonds is 10. The topological polar surface area (TPSA) is 18.5 Å². The maximum absolute atomic E-state index is 13.4. The van der Waals surface area contributed by atoms with Crippen molar-refractivity contribution in [1.29, 1.82) is 0 Å². The Morgan fingerprint density at radius 2 is 1.30 bits per heavy atom. The highest BCUT2D eigenvalue weighted by Crippen LogP contribution is 2.31. The molecule has 0 bridgehead atoms. The summed E-state index contributed by atoms with van der Waals surface area (Å²) >= 11 is 0. The van der Waals surface area contributed by atoms with Crippen molar-refractivity contribution in [3.05, 3.63) is 95.3 Å². The molecule has 0 amide bonds. The van der Waals surface area contributed by atoms with Crippen LogP contribution in [0.2, 0.25) is 0 Å². The van der Waals surface area contributed by atoms with Crippen LogP contribution in [0, 0.1) is 5.82 Å². The Morgan fingerprint density at radius 1 is 0.733 bits per heavy atom. The van der Waals surface area contributed by atoms with Crippen LogP contribution in [0.4, 0.5) is 4.39 Å². The van der Waals surface area contributed by atoms with Gasteiger partial charge in [-0.2, -0.15) is 0 Å². The maximum atomic E-state index is 13.4. The quantitative estimate of drug-likeness (QED) is 0.332. The van der Waals surface area contributed by atoms with E-state index in [0.29, 0.717) is 0 Å². The van der Waals surface area contributed by atoms with Crippen molar-refractivity contribution in [2.45, 2.75) is 51.6 Å².